The van der Waals surface area contributed by atoms with Crippen LogP contribution in [0.25, 0.3) is 43.4 Å². The molecule has 0 spiro atoms. The molecule has 12 rings (SSSR count). The van der Waals surface area contributed by atoms with Gasteiger partial charge in [0.2, 0.25) is 11.8 Å². The van der Waals surface area contributed by atoms with E-state index in [0.717, 1.165) is 22.7 Å². The molecule has 10 bridgehead atoms. The number of carbonyl (C=O) groups excluding carboxylic acids is 6. The van der Waals surface area contributed by atoms with Crippen LogP contribution in [0.1, 0.15) is 117 Å². The van der Waals surface area contributed by atoms with Gasteiger partial charge in [0, 0.05) is 87.7 Å². The highest BCUT2D eigenvalue weighted by atomic mass is 32.1. The third-order valence-corrected chi connectivity index (χ3v) is 20.5. The first kappa shape index (κ1) is 57.5. The minimum atomic E-state index is -1.29. The van der Waals surface area contributed by atoms with Gasteiger partial charge in [0.1, 0.15) is 76.7 Å². The quantitative estimate of drug-likeness (QED) is 0.0808. The van der Waals surface area contributed by atoms with Crippen LogP contribution in [0.4, 0.5) is 0 Å². The number of likely N-dealkylation sites (tertiary alicyclic amines) is 1. The van der Waals surface area contributed by atoms with Crippen LogP contribution >= 0.6 is 68.0 Å². The number of hydrogen-bond donors (Lipinski definition) is 7. The summed E-state index contributed by atoms with van der Waals surface area (Å²) < 4.78 is 0. The molecule has 2 aromatic carbocycles. The molecule has 10 heterocycles. The highest BCUT2D eigenvalue weighted by Gasteiger charge is 2.46. The molecule has 434 valence electrons. The standard InChI is InChI=1S/C57H51N13O9S6/c1-25-42(73)19-70-46(25)55-66-39(23-84-55)53-63-36(20-82-53)45-31(12-13-33(60-45)52-67-40(24-83-52)56(78)69-17-29(58)18-69)50-64-37(21-80-50)48(76)61-34(16-43(59)74)54-68-44(26(2)85-54)41(72)15-32(47(75)28-6-4-3-5-7-28)51-65-38(22-81-51)49(77)62-35(57(70)79)14-27-8-10-30(71)11-9-27/h3-13,20-25,29,32,34-35,42,46-47,71,73,75H,14-19,58H2,1-2H3,(H2,59,74)(H,61,76)(H,62,77)/t25-,32-,34-,35-,42-,46-,47+/m0/s1. The topological polar surface area (TPSA) is 336 Å². The summed E-state index contributed by atoms with van der Waals surface area (Å²) in [5.74, 6) is -4.88. The van der Waals surface area contributed by atoms with Crippen LogP contribution in [-0.4, -0.2) is 133 Å². The number of fused-ring (bicyclic) bond motifs is 16. The Morgan fingerprint density at radius 2 is 1.34 bits per heavy atom. The lowest BCUT2D eigenvalue weighted by atomic mass is 9.90. The van der Waals surface area contributed by atoms with Crippen LogP contribution in [0.2, 0.25) is 0 Å². The Hall–Kier alpha value is -7.93. The molecule has 7 atom stereocenters. The maximum absolute atomic E-state index is 15.2. The number of Topliss-reactive ketones (excluding diaryl/α,β-unsaturated/α-hetero) is 1. The molecular weight excluding hydrogens is 1200 g/mol. The summed E-state index contributed by atoms with van der Waals surface area (Å²) in [6, 6.07) is 15.3. The number of nitrogens with zero attached hydrogens (tertiary/aromatic N) is 9. The summed E-state index contributed by atoms with van der Waals surface area (Å²) in [4.78, 5) is 122. The average molecular weight is 1250 g/mol. The van der Waals surface area contributed by atoms with Crippen molar-refractivity contribution in [2.24, 2.45) is 17.4 Å². The molecule has 7 aromatic heterocycles. The van der Waals surface area contributed by atoms with Crippen molar-refractivity contribution >= 4 is 103 Å². The number of amides is 5. The van der Waals surface area contributed by atoms with Crippen molar-refractivity contribution in [3.8, 4) is 49.1 Å². The molecule has 28 heteroatoms. The fourth-order valence-corrected chi connectivity index (χ4v) is 15.8. The summed E-state index contributed by atoms with van der Waals surface area (Å²) in [6.45, 7) is 4.29. The van der Waals surface area contributed by atoms with Gasteiger partial charge in [-0.1, -0.05) is 49.4 Å². The van der Waals surface area contributed by atoms with E-state index < -0.39 is 71.6 Å². The number of pyridine rings is 1. The van der Waals surface area contributed by atoms with Gasteiger partial charge in [-0.05, 0) is 42.3 Å². The van der Waals surface area contributed by atoms with E-state index in [1.807, 2.05) is 17.7 Å². The molecule has 5 amide bonds. The first-order valence-electron chi connectivity index (χ1n) is 26.7. The summed E-state index contributed by atoms with van der Waals surface area (Å²) >= 11 is 7.13. The van der Waals surface area contributed by atoms with E-state index in [0.29, 0.717) is 77.5 Å². The van der Waals surface area contributed by atoms with E-state index in [4.69, 9.17) is 36.4 Å². The molecule has 0 aliphatic carbocycles. The second kappa shape index (κ2) is 23.8. The largest absolute Gasteiger partial charge is 0.508 e. The Kier molecular flexibility index (Phi) is 16.1. The number of rotatable bonds is 8. The van der Waals surface area contributed by atoms with Crippen molar-refractivity contribution in [3.63, 3.8) is 0 Å². The molecular formula is C57H51N13O9S6. The molecule has 2 fully saturated rings. The van der Waals surface area contributed by atoms with Crippen LogP contribution in [0.3, 0.4) is 0 Å². The van der Waals surface area contributed by atoms with E-state index in [1.165, 1.54) is 67.8 Å². The number of aryl methyl sites for hydroxylation is 1. The van der Waals surface area contributed by atoms with Gasteiger partial charge < -0.3 is 47.2 Å². The van der Waals surface area contributed by atoms with Gasteiger partial charge in [-0.15, -0.1) is 68.0 Å². The first-order valence-corrected chi connectivity index (χ1v) is 31.9. The molecule has 85 heavy (non-hydrogen) atoms. The number of aromatic nitrogens is 7. The smallest absolute Gasteiger partial charge is 0.273 e. The summed E-state index contributed by atoms with van der Waals surface area (Å²) in [7, 11) is 0. The Balaban J connectivity index is 0.952. The number of phenols is 1. The second-order valence-corrected chi connectivity index (χ2v) is 26.4. The van der Waals surface area contributed by atoms with Crippen LogP contribution in [0.5, 0.6) is 5.75 Å². The number of nitrogens with one attached hydrogen (secondary N) is 2. The van der Waals surface area contributed by atoms with Gasteiger partial charge in [-0.25, -0.2) is 34.9 Å². The number of aromatic hydroxyl groups is 1. The third kappa shape index (κ3) is 11.8. The molecule has 0 radical (unpaired) electrons. The third-order valence-electron chi connectivity index (χ3n) is 14.9. The molecule has 0 saturated carbocycles. The SMILES string of the molecule is Cc1sc2nc1C(=O)C[C@@H]([C@H](O)c1ccccc1)c1nc(cs1)C(=O)N[C@@H](Cc1ccc(O)cc1)C(=O)N1C[C@H](O)[C@H](C)[C@H]1c1nc(cs1)-c1nc(cs1)-c1nc(-c3nc(C(=O)N4CC(N)C4)cs3)ccc1-c1nc(cs1)C(=O)N[C@H]2CC(N)=O. The minimum Gasteiger partial charge on any atom is -0.508 e. The highest BCUT2D eigenvalue weighted by Crippen LogP contribution is 2.43. The molecule has 3 aliphatic heterocycles. The Morgan fingerprint density at radius 1 is 0.694 bits per heavy atom. The van der Waals surface area contributed by atoms with E-state index in [2.05, 4.69) is 20.6 Å². The number of aliphatic hydroxyl groups is 2. The van der Waals surface area contributed by atoms with Gasteiger partial charge >= 0.3 is 0 Å². The Bertz CT molecular complexity index is 4040. The van der Waals surface area contributed by atoms with Crippen LogP contribution in [0.15, 0.2) is 93.6 Å². The lowest BCUT2D eigenvalue weighted by Gasteiger charge is -2.36. The van der Waals surface area contributed by atoms with Crippen LogP contribution < -0.4 is 22.1 Å². The number of phenolic OH excluding ortho intramolecular Hbond substituents is 1. The van der Waals surface area contributed by atoms with Crippen LogP contribution in [-0.2, 0) is 16.0 Å². The Morgan fingerprint density at radius 3 is 2.09 bits per heavy atom. The number of carbonyl (C=O) groups is 6. The molecule has 9 aromatic rings. The molecule has 3 aliphatic rings. The lowest BCUT2D eigenvalue weighted by Crippen LogP contribution is -2.57. The van der Waals surface area contributed by atoms with Crippen LogP contribution in [0, 0.1) is 12.8 Å². The predicted octanol–water partition coefficient (Wildman–Crippen LogP) is 6.96. The predicted molar refractivity (Wildman–Crippen MR) is 321 cm³/mol. The molecule has 22 nitrogen and oxygen atoms in total. The summed E-state index contributed by atoms with van der Waals surface area (Å²) in [5.41, 5.74) is 15.2. The van der Waals surface area contributed by atoms with Gasteiger partial charge in [0.15, 0.2) is 5.78 Å². The highest BCUT2D eigenvalue weighted by molar-refractivity contribution is 7.15. The maximum Gasteiger partial charge on any atom is 0.273 e. The molecule has 9 N–H and O–H groups in total. The van der Waals surface area contributed by atoms with Gasteiger partial charge in [0.05, 0.1) is 41.4 Å². The second-order valence-electron chi connectivity index (χ2n) is 20.8. The fraction of sp³-hybridized carbons (Fsp3) is 0.281. The van der Waals surface area contributed by atoms with Gasteiger partial charge in [0.25, 0.3) is 17.7 Å². The monoisotopic (exact) mass is 1250 g/mol. The van der Waals surface area contributed by atoms with E-state index >= 15 is 4.79 Å². The van der Waals surface area contributed by atoms with E-state index in [1.54, 1.807) is 77.2 Å². The van der Waals surface area contributed by atoms with Crippen molar-refractivity contribution in [1.82, 2.24) is 55.3 Å². The van der Waals surface area contributed by atoms with Crippen molar-refractivity contribution in [3.05, 3.63) is 147 Å². The number of thiazole rings is 6. The van der Waals surface area contributed by atoms with E-state index in [9.17, 15) is 39.3 Å². The van der Waals surface area contributed by atoms with Crippen molar-refractivity contribution < 1.29 is 44.1 Å². The first-order chi connectivity index (χ1) is 40.9. The zero-order chi connectivity index (χ0) is 59.4. The Labute approximate surface area is 508 Å². The number of benzene rings is 2. The van der Waals surface area contributed by atoms with E-state index in [-0.39, 0.29) is 76.3 Å². The van der Waals surface area contributed by atoms with Gasteiger partial charge in [-0.2, -0.15) is 0 Å². The normalized spacial score (nSPS) is 20.8. The minimum absolute atomic E-state index is 0.000456. The van der Waals surface area contributed by atoms with Gasteiger partial charge in [-0.3, -0.25) is 28.8 Å². The number of ketones is 1. The zero-order valence-corrected chi connectivity index (χ0v) is 49.9. The summed E-state index contributed by atoms with van der Waals surface area (Å²) in [5, 5.41) is 50.2. The number of aliphatic hydroxyl groups excluding tert-OH is 2. The zero-order valence-electron chi connectivity index (χ0n) is 45.0. The number of hydrogen-bond acceptors (Lipinski definition) is 23. The maximum atomic E-state index is 15.2. The fourth-order valence-electron chi connectivity index (χ4n) is 10.4. The lowest BCUT2D eigenvalue weighted by molar-refractivity contribution is -0.134. The average Bonchev–Trinajstić information content (AvgIpc) is 2.64. The number of nitrogens with two attached hydrogens (primary N) is 2. The van der Waals surface area contributed by atoms with Crippen molar-refractivity contribution in [1.29, 1.82) is 0 Å². The van der Waals surface area contributed by atoms with Crippen molar-refractivity contribution in [2.45, 2.75) is 75.4 Å². The summed E-state index contributed by atoms with van der Waals surface area (Å²) in [6.07, 6.45) is -2.98. The van der Waals surface area contributed by atoms with Crippen molar-refractivity contribution in [2.75, 3.05) is 19.6 Å². The number of primary amides is 1. The molecule has 0 unspecified atom stereocenters. The molecule has 2 saturated heterocycles.